The summed E-state index contributed by atoms with van der Waals surface area (Å²) in [5.74, 6) is 1.62. The molecule has 8 rings (SSSR count). The SMILES string of the molecule is CN(C)CCC(CSc1ccccc1)Nc1ccc(S(=O)(=O)Nc2ncnc3cc(N4CCN(Cc5ccccc5-c5cc6ccccc6o5)CC4)ccc23)cc1[N+](=O)[O-]. The van der Waals surface area contributed by atoms with Gasteiger partial charge in [0.15, 0.2) is 5.82 Å². The lowest BCUT2D eigenvalue weighted by atomic mass is 10.0. The minimum atomic E-state index is -4.27. The third-order valence-corrected chi connectivity index (χ3v) is 13.2. The molecule has 0 aliphatic carbocycles. The summed E-state index contributed by atoms with van der Waals surface area (Å²) in [6, 6.07) is 38.0. The van der Waals surface area contributed by atoms with Crippen LogP contribution in [0.25, 0.3) is 33.2 Å². The number of fused-ring (bicyclic) bond motifs is 2. The number of furan rings is 1. The number of aromatic nitrogens is 2. The largest absolute Gasteiger partial charge is 0.456 e. The van der Waals surface area contributed by atoms with E-state index in [1.54, 1.807) is 11.8 Å². The molecule has 2 N–H and O–H groups in total. The number of anilines is 3. The number of rotatable bonds is 16. The first-order chi connectivity index (χ1) is 29.1. The lowest BCUT2D eigenvalue weighted by Gasteiger charge is -2.36. The first-order valence-corrected chi connectivity index (χ1v) is 22.3. The highest BCUT2D eigenvalue weighted by atomic mass is 32.2. The van der Waals surface area contributed by atoms with E-state index in [2.05, 4.69) is 65.0 Å². The summed E-state index contributed by atoms with van der Waals surface area (Å²) in [6.45, 7) is 4.87. The summed E-state index contributed by atoms with van der Waals surface area (Å²) in [4.78, 5) is 28.1. The maximum Gasteiger partial charge on any atom is 0.293 e. The summed E-state index contributed by atoms with van der Waals surface area (Å²) < 4.78 is 36.3. The van der Waals surface area contributed by atoms with Gasteiger partial charge in [-0.3, -0.25) is 19.7 Å². The Morgan fingerprint density at radius 3 is 2.43 bits per heavy atom. The molecule has 0 amide bonds. The molecule has 13 nitrogen and oxygen atoms in total. The summed E-state index contributed by atoms with van der Waals surface area (Å²) in [6.07, 6.45) is 2.04. The molecule has 1 fully saturated rings. The van der Waals surface area contributed by atoms with Crippen LogP contribution in [0.5, 0.6) is 0 Å². The van der Waals surface area contributed by atoms with Crippen molar-refractivity contribution in [2.24, 2.45) is 0 Å². The molecule has 0 spiro atoms. The number of hydrogen-bond donors (Lipinski definition) is 2. The van der Waals surface area contributed by atoms with Crippen LogP contribution in [-0.4, -0.2) is 91.7 Å². The fraction of sp³-hybridized carbons (Fsp3) is 0.244. The normalized spacial score (nSPS) is 14.2. The van der Waals surface area contributed by atoms with E-state index in [0.717, 1.165) is 84.6 Å². The highest BCUT2D eigenvalue weighted by Crippen LogP contribution is 2.34. The lowest BCUT2D eigenvalue weighted by Crippen LogP contribution is -2.46. The van der Waals surface area contributed by atoms with Gasteiger partial charge in [-0.25, -0.2) is 18.4 Å². The maximum atomic E-state index is 13.8. The highest BCUT2D eigenvalue weighted by molar-refractivity contribution is 7.99. The molecule has 0 bridgehead atoms. The number of piperazine rings is 1. The zero-order valence-corrected chi connectivity index (χ0v) is 35.0. The van der Waals surface area contributed by atoms with Crippen LogP contribution >= 0.6 is 11.8 Å². The van der Waals surface area contributed by atoms with Crippen molar-refractivity contribution in [3.63, 3.8) is 0 Å². The second kappa shape index (κ2) is 18.1. The van der Waals surface area contributed by atoms with E-state index >= 15 is 0 Å². The number of hydrogen-bond acceptors (Lipinski definition) is 12. The van der Waals surface area contributed by atoms with E-state index < -0.39 is 14.9 Å². The highest BCUT2D eigenvalue weighted by Gasteiger charge is 2.25. The predicted molar refractivity (Wildman–Crippen MR) is 240 cm³/mol. The lowest BCUT2D eigenvalue weighted by molar-refractivity contribution is -0.384. The van der Waals surface area contributed by atoms with E-state index in [1.807, 2.05) is 86.9 Å². The van der Waals surface area contributed by atoms with Gasteiger partial charge in [-0.05, 0) is 87.2 Å². The smallest absolute Gasteiger partial charge is 0.293 e. The molecule has 60 heavy (non-hydrogen) atoms. The third-order valence-electron chi connectivity index (χ3n) is 10.6. The number of thioether (sulfide) groups is 1. The van der Waals surface area contributed by atoms with Crippen LogP contribution in [0.1, 0.15) is 12.0 Å². The van der Waals surface area contributed by atoms with Crippen LogP contribution in [0, 0.1) is 10.1 Å². The van der Waals surface area contributed by atoms with Crippen molar-refractivity contribution >= 4 is 66.5 Å². The fourth-order valence-electron chi connectivity index (χ4n) is 7.42. The molecule has 1 unspecified atom stereocenters. The van der Waals surface area contributed by atoms with Crippen molar-refractivity contribution in [1.29, 1.82) is 0 Å². The molecule has 3 heterocycles. The molecule has 1 saturated heterocycles. The molecule has 2 aromatic heterocycles. The number of nitro benzene ring substituents is 1. The number of nitro groups is 1. The Bertz CT molecular complexity index is 2690. The van der Waals surface area contributed by atoms with Crippen LogP contribution in [-0.2, 0) is 16.6 Å². The Hall–Kier alpha value is -6.00. The molecule has 0 radical (unpaired) electrons. The topological polar surface area (TPSA) is 150 Å². The Balaban J connectivity index is 0.934. The van der Waals surface area contributed by atoms with Crippen molar-refractivity contribution in [3.8, 4) is 11.3 Å². The second-order valence-corrected chi connectivity index (χ2v) is 17.9. The van der Waals surface area contributed by atoms with Crippen LogP contribution in [0.4, 0.5) is 22.9 Å². The van der Waals surface area contributed by atoms with Crippen molar-refractivity contribution in [2.75, 3.05) is 67.5 Å². The van der Waals surface area contributed by atoms with Gasteiger partial charge >= 0.3 is 0 Å². The molecule has 308 valence electrons. The first kappa shape index (κ1) is 40.8. The monoisotopic (exact) mass is 842 g/mol. The Kier molecular flexibility index (Phi) is 12.3. The third kappa shape index (κ3) is 9.55. The van der Waals surface area contributed by atoms with Crippen molar-refractivity contribution in [3.05, 3.63) is 143 Å². The van der Waals surface area contributed by atoms with Crippen LogP contribution in [0.15, 0.2) is 142 Å². The van der Waals surface area contributed by atoms with Gasteiger partial charge in [-0.2, -0.15) is 0 Å². The van der Waals surface area contributed by atoms with E-state index in [4.69, 9.17) is 4.42 Å². The summed E-state index contributed by atoms with van der Waals surface area (Å²) in [7, 11) is -0.314. The molecular weight excluding hydrogens is 797 g/mol. The number of nitrogens with one attached hydrogen (secondary N) is 2. The van der Waals surface area contributed by atoms with Gasteiger partial charge in [0.1, 0.15) is 23.4 Å². The van der Waals surface area contributed by atoms with Gasteiger partial charge in [-0.1, -0.05) is 60.7 Å². The molecule has 5 aromatic carbocycles. The van der Waals surface area contributed by atoms with Crippen LogP contribution < -0.4 is 14.9 Å². The van der Waals surface area contributed by atoms with Gasteiger partial charge in [0.25, 0.3) is 15.7 Å². The van der Waals surface area contributed by atoms with Gasteiger partial charge in [-0.15, -0.1) is 11.8 Å². The van der Waals surface area contributed by atoms with Crippen molar-refractivity contribution in [1.82, 2.24) is 19.8 Å². The quantitative estimate of drug-likeness (QED) is 0.0545. The second-order valence-electron chi connectivity index (χ2n) is 15.1. The molecule has 0 saturated carbocycles. The van der Waals surface area contributed by atoms with Gasteiger partial charge in [0.2, 0.25) is 0 Å². The molecular formula is C45H46N8O5S2. The zero-order valence-electron chi connectivity index (χ0n) is 33.4. The average molecular weight is 843 g/mol. The first-order valence-electron chi connectivity index (χ1n) is 19.8. The molecule has 1 aliphatic rings. The van der Waals surface area contributed by atoms with E-state index in [1.165, 1.54) is 24.0 Å². The van der Waals surface area contributed by atoms with Crippen molar-refractivity contribution < 1.29 is 17.8 Å². The number of benzene rings is 5. The van der Waals surface area contributed by atoms with Crippen LogP contribution in [0.2, 0.25) is 0 Å². The minimum Gasteiger partial charge on any atom is -0.456 e. The standard InChI is InChI=1S/C45H46N8O5S2/c1-50(2)21-20-34(30-59-36-12-4-3-5-13-36)48-40-19-17-37(28-42(40)53(54)55)60(56,57)49-45-39-18-16-35(27-41(39)46-31-47-45)52-24-22-51(23-25-52)29-33-11-6-8-14-38(33)44-26-32-10-7-9-15-43(32)58-44/h3-19,26-28,31,34,48H,20-25,29-30H2,1-2H3,(H,46,47,49). The van der Waals surface area contributed by atoms with E-state index in [-0.39, 0.29) is 28.1 Å². The maximum absolute atomic E-state index is 13.8. The summed E-state index contributed by atoms with van der Waals surface area (Å²) in [5.41, 5.74) is 4.65. The van der Waals surface area contributed by atoms with Gasteiger partial charge < -0.3 is 19.5 Å². The van der Waals surface area contributed by atoms with E-state index in [0.29, 0.717) is 16.7 Å². The van der Waals surface area contributed by atoms with Crippen molar-refractivity contribution in [2.45, 2.75) is 28.8 Å². The van der Waals surface area contributed by atoms with E-state index in [9.17, 15) is 18.5 Å². The Morgan fingerprint density at radius 1 is 0.883 bits per heavy atom. The number of para-hydroxylation sites is 1. The molecule has 7 aromatic rings. The fourth-order valence-corrected chi connectivity index (χ4v) is 9.47. The predicted octanol–water partition coefficient (Wildman–Crippen LogP) is 8.60. The molecule has 1 atom stereocenters. The molecule has 1 aliphatic heterocycles. The van der Waals surface area contributed by atoms with Crippen LogP contribution in [0.3, 0.4) is 0 Å². The minimum absolute atomic E-state index is 0.0889. The summed E-state index contributed by atoms with van der Waals surface area (Å²) >= 11 is 1.66. The number of nitrogens with zero attached hydrogens (tertiary/aromatic N) is 6. The van der Waals surface area contributed by atoms with Gasteiger partial charge in [0, 0.05) is 77.5 Å². The van der Waals surface area contributed by atoms with Gasteiger partial charge in [0.05, 0.1) is 15.3 Å². The number of sulfonamides is 1. The summed E-state index contributed by atoms with van der Waals surface area (Å²) in [5, 5.41) is 17.3. The Morgan fingerprint density at radius 2 is 1.65 bits per heavy atom. The zero-order chi connectivity index (χ0) is 41.6. The average Bonchev–Trinajstić information content (AvgIpc) is 3.69. The Labute approximate surface area is 353 Å². The molecule has 15 heteroatoms.